The zero-order valence-corrected chi connectivity index (χ0v) is 16.8. The first-order valence-electron chi connectivity index (χ1n) is 9.86. The SMILES string of the molecule is Cc1ccccc1C(=O)N1CCC(C(=O)Nc2ccc(OC(C)C)cc2)CC1. The van der Waals surface area contributed by atoms with Crippen LogP contribution in [0.25, 0.3) is 0 Å². The first-order chi connectivity index (χ1) is 13.4. The minimum atomic E-state index is -0.0764. The molecule has 0 atom stereocenters. The molecule has 0 unspecified atom stereocenters. The molecule has 1 heterocycles. The molecule has 0 radical (unpaired) electrons. The van der Waals surface area contributed by atoms with Crippen molar-refractivity contribution in [2.24, 2.45) is 5.92 Å². The molecule has 1 saturated heterocycles. The summed E-state index contributed by atoms with van der Waals surface area (Å²) in [4.78, 5) is 27.1. The van der Waals surface area contributed by atoms with Crippen LogP contribution in [0.1, 0.15) is 42.6 Å². The van der Waals surface area contributed by atoms with Crippen LogP contribution in [0.3, 0.4) is 0 Å². The molecule has 0 bridgehead atoms. The highest BCUT2D eigenvalue weighted by molar-refractivity contribution is 5.96. The van der Waals surface area contributed by atoms with E-state index in [4.69, 9.17) is 4.74 Å². The number of likely N-dealkylation sites (tertiary alicyclic amines) is 1. The second-order valence-electron chi connectivity index (χ2n) is 7.56. The number of aryl methyl sites for hydroxylation is 1. The maximum atomic E-state index is 12.7. The van der Waals surface area contributed by atoms with Crippen LogP contribution in [0.15, 0.2) is 48.5 Å². The molecule has 1 N–H and O–H groups in total. The number of amides is 2. The normalized spacial score (nSPS) is 14.8. The molecule has 0 aromatic heterocycles. The summed E-state index contributed by atoms with van der Waals surface area (Å²) in [5.74, 6) is 0.779. The number of benzene rings is 2. The predicted molar refractivity (Wildman–Crippen MR) is 111 cm³/mol. The van der Waals surface area contributed by atoms with Gasteiger partial charge in [-0.3, -0.25) is 9.59 Å². The molecular weight excluding hydrogens is 352 g/mol. The van der Waals surface area contributed by atoms with Crippen LogP contribution in [-0.4, -0.2) is 35.9 Å². The maximum absolute atomic E-state index is 12.7. The van der Waals surface area contributed by atoms with Crippen LogP contribution in [0.4, 0.5) is 5.69 Å². The van der Waals surface area contributed by atoms with Crippen LogP contribution in [-0.2, 0) is 4.79 Å². The van der Waals surface area contributed by atoms with E-state index >= 15 is 0 Å². The monoisotopic (exact) mass is 380 g/mol. The van der Waals surface area contributed by atoms with Gasteiger partial charge in [-0.05, 0) is 69.5 Å². The molecule has 2 aromatic carbocycles. The van der Waals surface area contributed by atoms with Crippen molar-refractivity contribution < 1.29 is 14.3 Å². The van der Waals surface area contributed by atoms with Crippen molar-refractivity contribution in [3.8, 4) is 5.75 Å². The zero-order chi connectivity index (χ0) is 20.1. The van der Waals surface area contributed by atoms with E-state index in [1.807, 2.05) is 74.2 Å². The Hall–Kier alpha value is -2.82. The van der Waals surface area contributed by atoms with Gasteiger partial charge in [0, 0.05) is 30.3 Å². The van der Waals surface area contributed by atoms with E-state index in [0.717, 1.165) is 22.6 Å². The zero-order valence-electron chi connectivity index (χ0n) is 16.8. The Balaban J connectivity index is 1.52. The lowest BCUT2D eigenvalue weighted by molar-refractivity contribution is -0.121. The molecule has 148 valence electrons. The number of carbonyl (C=O) groups excluding carboxylic acids is 2. The summed E-state index contributed by atoms with van der Waals surface area (Å²) in [6.07, 6.45) is 1.48. The van der Waals surface area contributed by atoms with Gasteiger partial charge in [0.1, 0.15) is 5.75 Å². The largest absolute Gasteiger partial charge is 0.491 e. The quantitative estimate of drug-likeness (QED) is 0.843. The van der Waals surface area contributed by atoms with E-state index < -0.39 is 0 Å². The number of nitrogens with zero attached hydrogens (tertiary/aromatic N) is 1. The second kappa shape index (κ2) is 8.91. The van der Waals surface area contributed by atoms with Gasteiger partial charge in [0.25, 0.3) is 5.91 Å². The second-order valence-corrected chi connectivity index (χ2v) is 7.56. The van der Waals surface area contributed by atoms with Gasteiger partial charge < -0.3 is 15.0 Å². The summed E-state index contributed by atoms with van der Waals surface area (Å²) in [6, 6.07) is 15.1. The van der Waals surface area contributed by atoms with Crippen LogP contribution in [0.5, 0.6) is 5.75 Å². The van der Waals surface area contributed by atoms with Crippen molar-refractivity contribution in [2.75, 3.05) is 18.4 Å². The van der Waals surface area contributed by atoms with Gasteiger partial charge in [0.15, 0.2) is 0 Å². The van der Waals surface area contributed by atoms with Crippen molar-refractivity contribution in [3.63, 3.8) is 0 Å². The Morgan fingerprint density at radius 2 is 1.68 bits per heavy atom. The number of nitrogens with one attached hydrogen (secondary N) is 1. The number of hydrogen-bond donors (Lipinski definition) is 1. The smallest absolute Gasteiger partial charge is 0.254 e. The Morgan fingerprint density at radius 3 is 2.29 bits per heavy atom. The molecule has 5 nitrogen and oxygen atoms in total. The molecule has 1 aliphatic heterocycles. The number of piperidine rings is 1. The summed E-state index contributed by atoms with van der Waals surface area (Å²) in [6.45, 7) is 7.11. The molecule has 0 saturated carbocycles. The Labute approximate surface area is 166 Å². The standard InChI is InChI=1S/C23H28N2O3/c1-16(2)28-20-10-8-19(9-11-20)24-22(26)18-12-14-25(15-13-18)23(27)21-7-5-4-6-17(21)3/h4-11,16,18H,12-15H2,1-3H3,(H,24,26). The third-order valence-electron chi connectivity index (χ3n) is 5.02. The lowest BCUT2D eigenvalue weighted by atomic mass is 9.95. The van der Waals surface area contributed by atoms with Crippen LogP contribution >= 0.6 is 0 Å². The fourth-order valence-corrected chi connectivity index (χ4v) is 3.46. The van der Waals surface area contributed by atoms with Gasteiger partial charge >= 0.3 is 0 Å². The van der Waals surface area contributed by atoms with Gasteiger partial charge in [-0.2, -0.15) is 0 Å². The first-order valence-corrected chi connectivity index (χ1v) is 9.86. The first kappa shape index (κ1) is 19.9. The van der Waals surface area contributed by atoms with E-state index in [9.17, 15) is 9.59 Å². The topological polar surface area (TPSA) is 58.6 Å². The van der Waals surface area contributed by atoms with E-state index in [0.29, 0.717) is 25.9 Å². The molecule has 1 aliphatic rings. The van der Waals surface area contributed by atoms with E-state index in [-0.39, 0.29) is 23.8 Å². The highest BCUT2D eigenvalue weighted by atomic mass is 16.5. The van der Waals surface area contributed by atoms with Crippen LogP contribution < -0.4 is 10.1 Å². The van der Waals surface area contributed by atoms with Crippen LogP contribution in [0, 0.1) is 12.8 Å². The number of ether oxygens (including phenoxy) is 1. The summed E-state index contributed by atoms with van der Waals surface area (Å²) < 4.78 is 5.62. The van der Waals surface area contributed by atoms with Crippen LogP contribution in [0.2, 0.25) is 0 Å². The van der Waals surface area contributed by atoms with Gasteiger partial charge in [0.2, 0.25) is 5.91 Å². The van der Waals surface area contributed by atoms with Crippen molar-refractivity contribution in [1.82, 2.24) is 4.90 Å². The molecule has 28 heavy (non-hydrogen) atoms. The number of hydrogen-bond acceptors (Lipinski definition) is 3. The summed E-state index contributed by atoms with van der Waals surface area (Å²) in [7, 11) is 0. The summed E-state index contributed by atoms with van der Waals surface area (Å²) in [5.41, 5.74) is 2.49. The summed E-state index contributed by atoms with van der Waals surface area (Å²) in [5, 5.41) is 2.98. The van der Waals surface area contributed by atoms with E-state index in [1.165, 1.54) is 0 Å². The Bertz CT molecular complexity index is 822. The molecule has 0 aliphatic carbocycles. The third kappa shape index (κ3) is 4.91. The molecule has 5 heteroatoms. The molecule has 2 amide bonds. The Kier molecular flexibility index (Phi) is 6.34. The van der Waals surface area contributed by atoms with E-state index in [1.54, 1.807) is 0 Å². The predicted octanol–water partition coefficient (Wildman–Crippen LogP) is 4.27. The van der Waals surface area contributed by atoms with Gasteiger partial charge in [-0.25, -0.2) is 0 Å². The molecular formula is C23H28N2O3. The lowest BCUT2D eigenvalue weighted by Crippen LogP contribution is -2.41. The van der Waals surface area contributed by atoms with Crippen molar-refractivity contribution in [2.45, 2.75) is 39.7 Å². The highest BCUT2D eigenvalue weighted by Gasteiger charge is 2.28. The van der Waals surface area contributed by atoms with Gasteiger partial charge in [0.05, 0.1) is 6.10 Å². The molecule has 0 spiro atoms. The lowest BCUT2D eigenvalue weighted by Gasteiger charge is -2.31. The average Bonchev–Trinajstić information content (AvgIpc) is 2.69. The summed E-state index contributed by atoms with van der Waals surface area (Å²) >= 11 is 0. The minimum absolute atomic E-state index is 0.0144. The minimum Gasteiger partial charge on any atom is -0.491 e. The highest BCUT2D eigenvalue weighted by Crippen LogP contribution is 2.23. The average molecular weight is 380 g/mol. The van der Waals surface area contributed by atoms with Crippen molar-refractivity contribution >= 4 is 17.5 Å². The fraction of sp³-hybridized carbons (Fsp3) is 0.391. The maximum Gasteiger partial charge on any atom is 0.254 e. The number of anilines is 1. The fourth-order valence-electron chi connectivity index (χ4n) is 3.46. The van der Waals surface area contributed by atoms with Gasteiger partial charge in [-0.1, -0.05) is 18.2 Å². The third-order valence-corrected chi connectivity index (χ3v) is 5.02. The van der Waals surface area contributed by atoms with E-state index in [2.05, 4.69) is 5.32 Å². The molecule has 3 rings (SSSR count). The van der Waals surface area contributed by atoms with Gasteiger partial charge in [-0.15, -0.1) is 0 Å². The molecule has 2 aromatic rings. The Morgan fingerprint density at radius 1 is 1.04 bits per heavy atom. The van der Waals surface area contributed by atoms with Crippen molar-refractivity contribution in [3.05, 3.63) is 59.7 Å². The molecule has 1 fully saturated rings. The number of rotatable bonds is 5. The number of carbonyl (C=O) groups is 2. The van der Waals surface area contributed by atoms with Crippen molar-refractivity contribution in [1.29, 1.82) is 0 Å².